The van der Waals surface area contributed by atoms with E-state index in [2.05, 4.69) is 4.98 Å². The summed E-state index contributed by atoms with van der Waals surface area (Å²) in [4.78, 5) is 16.2. The molecule has 26 heavy (non-hydrogen) atoms. The number of alkyl halides is 2. The van der Waals surface area contributed by atoms with Crippen LogP contribution in [0.3, 0.4) is 0 Å². The second-order valence-electron chi connectivity index (χ2n) is 5.54. The lowest BCUT2D eigenvalue weighted by Gasteiger charge is -2.09. The van der Waals surface area contributed by atoms with Crippen LogP contribution in [0, 0.1) is 0 Å². The third kappa shape index (κ3) is 3.57. The van der Waals surface area contributed by atoms with E-state index in [1.807, 2.05) is 0 Å². The molecule has 9 heteroatoms. The highest BCUT2D eigenvalue weighted by atomic mass is 32.2. The zero-order chi connectivity index (χ0) is 18.9. The number of hydrogen-bond donors (Lipinski definition) is 0. The molecule has 0 unspecified atom stereocenters. The predicted octanol–water partition coefficient (Wildman–Crippen LogP) is 3.19. The van der Waals surface area contributed by atoms with E-state index in [1.54, 1.807) is 18.2 Å². The van der Waals surface area contributed by atoms with E-state index in [-0.39, 0.29) is 21.8 Å². The highest BCUT2D eigenvalue weighted by molar-refractivity contribution is 7.90. The van der Waals surface area contributed by atoms with Crippen LogP contribution in [0.4, 0.5) is 8.78 Å². The van der Waals surface area contributed by atoms with Crippen LogP contribution in [0.15, 0.2) is 53.4 Å². The Kier molecular flexibility index (Phi) is 4.73. The van der Waals surface area contributed by atoms with Crippen LogP contribution in [0.2, 0.25) is 0 Å². The number of halogens is 2. The van der Waals surface area contributed by atoms with Crippen molar-refractivity contribution >= 4 is 26.8 Å². The number of sulfone groups is 1. The molecule has 0 fully saturated rings. The van der Waals surface area contributed by atoms with E-state index >= 15 is 0 Å². The van der Waals surface area contributed by atoms with Gasteiger partial charge in [0.1, 0.15) is 6.61 Å². The van der Waals surface area contributed by atoms with Gasteiger partial charge in [-0.05, 0) is 30.3 Å². The summed E-state index contributed by atoms with van der Waals surface area (Å²) < 4.78 is 55.5. The summed E-state index contributed by atoms with van der Waals surface area (Å²) >= 11 is 0. The average Bonchev–Trinajstić information content (AvgIpc) is 2.97. The Labute approximate surface area is 148 Å². The van der Waals surface area contributed by atoms with Gasteiger partial charge in [0.25, 0.3) is 0 Å². The fraction of sp³-hybridized carbons (Fsp3) is 0.176. The number of fused-ring (bicyclic) bond motifs is 1. The van der Waals surface area contributed by atoms with E-state index in [1.165, 1.54) is 30.3 Å². The number of rotatable bonds is 5. The van der Waals surface area contributed by atoms with Gasteiger partial charge >= 0.3 is 12.5 Å². The van der Waals surface area contributed by atoms with Crippen molar-refractivity contribution in [2.45, 2.75) is 18.1 Å². The van der Waals surface area contributed by atoms with Crippen molar-refractivity contribution in [1.82, 2.24) is 9.55 Å². The zero-order valence-electron chi connectivity index (χ0n) is 13.6. The molecule has 0 N–H and O–H groups in total. The smallest absolute Gasteiger partial charge is 0.338 e. The highest BCUT2D eigenvalue weighted by Gasteiger charge is 2.19. The fourth-order valence-corrected chi connectivity index (χ4v) is 3.15. The molecule has 0 aliphatic heterocycles. The average molecular weight is 380 g/mol. The van der Waals surface area contributed by atoms with Gasteiger partial charge in [0.2, 0.25) is 0 Å². The molecule has 0 amide bonds. The number of hydrogen-bond acceptors (Lipinski definition) is 5. The maximum atomic E-state index is 13.3. The molecule has 0 radical (unpaired) electrons. The van der Waals surface area contributed by atoms with Crippen LogP contribution in [-0.4, -0.2) is 30.2 Å². The zero-order valence-corrected chi connectivity index (χ0v) is 14.4. The topological polar surface area (TPSA) is 78.3 Å². The lowest BCUT2D eigenvalue weighted by molar-refractivity contribution is 0.0387. The Bertz CT molecular complexity index is 1080. The van der Waals surface area contributed by atoms with Crippen molar-refractivity contribution < 1.29 is 26.7 Å². The molecule has 2 aromatic carbocycles. The summed E-state index contributed by atoms with van der Waals surface area (Å²) in [5.74, 6) is -0.933. The third-order valence-electron chi connectivity index (χ3n) is 3.69. The van der Waals surface area contributed by atoms with Gasteiger partial charge in [-0.15, -0.1) is 0 Å². The minimum Gasteiger partial charge on any atom is -0.454 e. The molecule has 0 saturated carbocycles. The number of aromatic nitrogens is 2. The minimum absolute atomic E-state index is 0.00707. The number of carbonyl (C=O) groups excluding carboxylic acids is 1. The molecule has 3 aromatic rings. The summed E-state index contributed by atoms with van der Waals surface area (Å²) in [6.07, 6.45) is 1.02. The van der Waals surface area contributed by atoms with Crippen molar-refractivity contribution in [3.8, 4) is 0 Å². The Hall–Kier alpha value is -2.81. The number of imidazole rings is 1. The number of benzene rings is 2. The first kappa shape index (κ1) is 18.0. The summed E-state index contributed by atoms with van der Waals surface area (Å²) in [5, 5.41) is 0. The van der Waals surface area contributed by atoms with E-state index in [0.717, 1.165) is 6.26 Å². The van der Waals surface area contributed by atoms with Gasteiger partial charge in [0.15, 0.2) is 15.7 Å². The van der Waals surface area contributed by atoms with Gasteiger partial charge < -0.3 is 4.74 Å². The molecule has 1 heterocycles. The van der Waals surface area contributed by atoms with Gasteiger partial charge in [-0.2, -0.15) is 8.78 Å². The Balaban J connectivity index is 1.85. The summed E-state index contributed by atoms with van der Waals surface area (Å²) in [6, 6.07) is 11.7. The SMILES string of the molecule is CS(=O)(=O)c1cccc(C(=O)OCc2nc3ccccc3n2C(F)F)c1. The van der Waals surface area contributed by atoms with Gasteiger partial charge in [0, 0.05) is 6.26 Å². The normalized spacial score (nSPS) is 11.8. The molecule has 136 valence electrons. The first-order valence-corrected chi connectivity index (χ1v) is 9.38. The lowest BCUT2D eigenvalue weighted by atomic mass is 10.2. The molecule has 1 aromatic heterocycles. The first-order chi connectivity index (χ1) is 12.3. The standard InChI is InChI=1S/C17H14F2N2O4S/c1-26(23,24)12-6-4-5-11(9-12)16(22)25-10-15-20-13-7-2-3-8-14(13)21(15)17(18)19/h2-9,17H,10H2,1H3. The van der Waals surface area contributed by atoms with Crippen molar-refractivity contribution in [1.29, 1.82) is 0 Å². The van der Waals surface area contributed by atoms with E-state index in [4.69, 9.17) is 4.74 Å². The van der Waals surface area contributed by atoms with Crippen LogP contribution in [0.5, 0.6) is 0 Å². The maximum absolute atomic E-state index is 13.3. The number of nitrogens with zero attached hydrogens (tertiary/aromatic N) is 2. The molecule has 0 bridgehead atoms. The Morgan fingerprint density at radius 3 is 2.62 bits per heavy atom. The monoisotopic (exact) mass is 380 g/mol. The molecule has 0 aliphatic rings. The quantitative estimate of drug-likeness (QED) is 0.635. The van der Waals surface area contributed by atoms with Crippen molar-refractivity contribution in [2.75, 3.05) is 6.26 Å². The van der Waals surface area contributed by atoms with Crippen molar-refractivity contribution in [3.63, 3.8) is 0 Å². The number of ether oxygens (including phenoxy) is 1. The first-order valence-electron chi connectivity index (χ1n) is 7.48. The molecule has 0 aliphatic carbocycles. The van der Waals surface area contributed by atoms with Crippen LogP contribution in [0.25, 0.3) is 11.0 Å². The van der Waals surface area contributed by atoms with Crippen molar-refractivity contribution in [2.24, 2.45) is 0 Å². The van der Waals surface area contributed by atoms with Gasteiger partial charge in [0.05, 0.1) is 21.5 Å². The molecule has 6 nitrogen and oxygen atoms in total. The lowest BCUT2D eigenvalue weighted by Crippen LogP contribution is -2.11. The van der Waals surface area contributed by atoms with Crippen LogP contribution in [-0.2, 0) is 21.2 Å². The molecule has 3 rings (SSSR count). The van der Waals surface area contributed by atoms with Crippen LogP contribution < -0.4 is 0 Å². The fourth-order valence-electron chi connectivity index (χ4n) is 2.48. The highest BCUT2D eigenvalue weighted by Crippen LogP contribution is 2.23. The van der Waals surface area contributed by atoms with Gasteiger partial charge in [-0.25, -0.2) is 18.2 Å². The summed E-state index contributed by atoms with van der Waals surface area (Å²) in [7, 11) is -3.48. The van der Waals surface area contributed by atoms with Crippen LogP contribution >= 0.6 is 0 Å². The molecule has 0 atom stereocenters. The molecular weight excluding hydrogens is 366 g/mol. The van der Waals surface area contributed by atoms with Crippen LogP contribution in [0.1, 0.15) is 22.7 Å². The molecular formula is C17H14F2N2O4S. The Morgan fingerprint density at radius 2 is 1.92 bits per heavy atom. The summed E-state index contributed by atoms with van der Waals surface area (Å²) in [5.41, 5.74) is 0.596. The summed E-state index contributed by atoms with van der Waals surface area (Å²) in [6.45, 7) is -3.31. The van der Waals surface area contributed by atoms with Crippen molar-refractivity contribution in [3.05, 3.63) is 59.9 Å². The second-order valence-corrected chi connectivity index (χ2v) is 7.56. The van der Waals surface area contributed by atoms with E-state index < -0.39 is 29.0 Å². The minimum atomic E-state index is -3.48. The second kappa shape index (κ2) is 6.83. The number of para-hydroxylation sites is 2. The van der Waals surface area contributed by atoms with Gasteiger partial charge in [-0.3, -0.25) is 4.57 Å². The number of esters is 1. The van der Waals surface area contributed by atoms with Gasteiger partial charge in [-0.1, -0.05) is 18.2 Å². The Morgan fingerprint density at radius 1 is 1.19 bits per heavy atom. The molecule has 0 saturated heterocycles. The number of carbonyl (C=O) groups is 1. The maximum Gasteiger partial charge on any atom is 0.338 e. The largest absolute Gasteiger partial charge is 0.454 e. The molecule has 0 spiro atoms. The third-order valence-corrected chi connectivity index (χ3v) is 4.80. The van der Waals surface area contributed by atoms with E-state index in [9.17, 15) is 22.0 Å². The van der Waals surface area contributed by atoms with E-state index in [0.29, 0.717) is 10.1 Å². The predicted molar refractivity (Wildman–Crippen MR) is 89.7 cm³/mol.